The molecule has 3 heterocycles. The zero-order valence-electron chi connectivity index (χ0n) is 16.6. The van der Waals surface area contributed by atoms with E-state index in [9.17, 15) is 15.2 Å². The van der Waals surface area contributed by atoms with Crippen molar-refractivity contribution in [2.24, 2.45) is 5.73 Å². The van der Waals surface area contributed by atoms with Gasteiger partial charge in [-0.15, -0.1) is 11.3 Å². The molecule has 1 aliphatic heterocycles. The molecule has 1 saturated heterocycles. The maximum atomic E-state index is 13.5. The van der Waals surface area contributed by atoms with Crippen molar-refractivity contribution in [2.75, 3.05) is 25.1 Å². The molecule has 0 bridgehead atoms. The second-order valence-electron chi connectivity index (χ2n) is 7.37. The van der Waals surface area contributed by atoms with E-state index in [0.717, 1.165) is 24.9 Å². The number of aliphatic hydroxyl groups is 1. The monoisotopic (exact) mass is 425 g/mol. The number of aliphatic hydroxyl groups excluding tert-OH is 1. The molecule has 0 amide bonds. The van der Waals surface area contributed by atoms with Gasteiger partial charge in [-0.2, -0.15) is 5.26 Å². The van der Waals surface area contributed by atoms with Gasteiger partial charge in [0.2, 0.25) is 5.95 Å². The summed E-state index contributed by atoms with van der Waals surface area (Å²) in [4.78, 5) is 20.8. The van der Waals surface area contributed by atoms with Crippen LogP contribution in [0.15, 0.2) is 35.1 Å². The highest BCUT2D eigenvalue weighted by molar-refractivity contribution is 7.19. The van der Waals surface area contributed by atoms with Crippen LogP contribution in [0.1, 0.15) is 35.1 Å². The number of hydrogen-bond acceptors (Lipinski definition) is 8. The van der Waals surface area contributed by atoms with Gasteiger partial charge < -0.3 is 20.5 Å². The molecular formula is C21H23N5O3S. The third-order valence-corrected chi connectivity index (χ3v) is 6.45. The van der Waals surface area contributed by atoms with Gasteiger partial charge >= 0.3 is 0 Å². The summed E-state index contributed by atoms with van der Waals surface area (Å²) in [5.41, 5.74) is 7.76. The molecule has 3 aromatic rings. The SMILES string of the molecule is COC(O)c1cc2nc(N3CCC[C@@H](N)C3)n(Cc3ccccc3C#N)c(=O)c2s1. The summed E-state index contributed by atoms with van der Waals surface area (Å²) in [7, 11) is 1.40. The van der Waals surface area contributed by atoms with E-state index in [4.69, 9.17) is 15.5 Å². The van der Waals surface area contributed by atoms with Crippen molar-refractivity contribution >= 4 is 27.5 Å². The Hall–Kier alpha value is -2.77. The highest BCUT2D eigenvalue weighted by atomic mass is 32.1. The number of hydrogen-bond donors (Lipinski definition) is 2. The van der Waals surface area contributed by atoms with E-state index in [1.807, 2.05) is 17.0 Å². The van der Waals surface area contributed by atoms with E-state index >= 15 is 0 Å². The fourth-order valence-electron chi connectivity index (χ4n) is 3.77. The molecule has 2 atom stereocenters. The molecule has 8 nitrogen and oxygen atoms in total. The van der Waals surface area contributed by atoms with Gasteiger partial charge in [-0.25, -0.2) is 4.98 Å². The Bertz CT molecular complexity index is 1170. The van der Waals surface area contributed by atoms with Crippen molar-refractivity contribution in [2.45, 2.75) is 31.7 Å². The van der Waals surface area contributed by atoms with Crippen molar-refractivity contribution in [3.05, 3.63) is 56.7 Å². The molecule has 4 rings (SSSR count). The molecule has 0 radical (unpaired) electrons. The Morgan fingerprint density at radius 1 is 1.47 bits per heavy atom. The Labute approximate surface area is 177 Å². The first-order valence-corrected chi connectivity index (χ1v) is 10.6. The average molecular weight is 426 g/mol. The first-order chi connectivity index (χ1) is 14.5. The van der Waals surface area contributed by atoms with Gasteiger partial charge in [-0.05, 0) is 30.5 Å². The Morgan fingerprint density at radius 3 is 3.00 bits per heavy atom. The maximum absolute atomic E-state index is 13.5. The summed E-state index contributed by atoms with van der Waals surface area (Å²) in [6.07, 6.45) is 0.743. The van der Waals surface area contributed by atoms with E-state index in [0.29, 0.717) is 33.2 Å². The van der Waals surface area contributed by atoms with E-state index in [2.05, 4.69) is 6.07 Å². The predicted octanol–water partition coefficient (Wildman–Crippen LogP) is 1.94. The lowest BCUT2D eigenvalue weighted by atomic mass is 10.1. The molecule has 3 N–H and O–H groups in total. The number of anilines is 1. The van der Waals surface area contributed by atoms with Crippen LogP contribution in [0.5, 0.6) is 0 Å². The van der Waals surface area contributed by atoms with Gasteiger partial charge in [0.1, 0.15) is 4.70 Å². The second kappa shape index (κ2) is 8.53. The third kappa shape index (κ3) is 3.82. The zero-order chi connectivity index (χ0) is 21.3. The van der Waals surface area contributed by atoms with Crippen LogP contribution < -0.4 is 16.2 Å². The molecule has 1 aliphatic rings. The number of nitrogens with zero attached hydrogens (tertiary/aromatic N) is 4. The number of methoxy groups -OCH3 is 1. The van der Waals surface area contributed by atoms with Crippen LogP contribution in [-0.4, -0.2) is 40.9 Å². The van der Waals surface area contributed by atoms with Crippen molar-refractivity contribution in [1.82, 2.24) is 9.55 Å². The van der Waals surface area contributed by atoms with E-state index < -0.39 is 6.29 Å². The second-order valence-corrected chi connectivity index (χ2v) is 8.46. The summed E-state index contributed by atoms with van der Waals surface area (Å²) in [5.74, 6) is 0.534. The van der Waals surface area contributed by atoms with Crippen molar-refractivity contribution in [1.29, 1.82) is 5.26 Å². The number of piperidine rings is 1. The molecule has 1 unspecified atom stereocenters. The highest BCUT2D eigenvalue weighted by Crippen LogP contribution is 2.29. The smallest absolute Gasteiger partial charge is 0.273 e. The van der Waals surface area contributed by atoms with Gasteiger partial charge in [0.25, 0.3) is 5.56 Å². The number of fused-ring (bicyclic) bond motifs is 1. The first-order valence-electron chi connectivity index (χ1n) is 9.75. The predicted molar refractivity (Wildman–Crippen MR) is 116 cm³/mol. The third-order valence-electron chi connectivity index (χ3n) is 5.31. The van der Waals surface area contributed by atoms with Gasteiger partial charge in [-0.3, -0.25) is 9.36 Å². The maximum Gasteiger partial charge on any atom is 0.273 e. The van der Waals surface area contributed by atoms with Crippen LogP contribution in [0.3, 0.4) is 0 Å². The molecule has 1 fully saturated rings. The minimum Gasteiger partial charge on any atom is -0.364 e. The lowest BCUT2D eigenvalue weighted by Gasteiger charge is -2.33. The molecule has 9 heteroatoms. The van der Waals surface area contributed by atoms with Crippen LogP contribution in [0.2, 0.25) is 0 Å². The number of aromatic nitrogens is 2. The summed E-state index contributed by atoms with van der Waals surface area (Å²) in [6.45, 7) is 1.59. The van der Waals surface area contributed by atoms with Crippen molar-refractivity contribution in [3.8, 4) is 6.07 Å². The number of thiophene rings is 1. The fourth-order valence-corrected chi connectivity index (χ4v) is 4.78. The molecule has 0 aliphatic carbocycles. The van der Waals surface area contributed by atoms with Gasteiger partial charge in [-0.1, -0.05) is 18.2 Å². The van der Waals surface area contributed by atoms with E-state index in [1.54, 1.807) is 22.8 Å². The Morgan fingerprint density at radius 2 is 2.27 bits per heavy atom. The summed E-state index contributed by atoms with van der Waals surface area (Å²) in [5, 5.41) is 19.5. The minimum atomic E-state index is -1.11. The molecule has 30 heavy (non-hydrogen) atoms. The highest BCUT2D eigenvalue weighted by Gasteiger charge is 2.24. The molecular weight excluding hydrogens is 402 g/mol. The quantitative estimate of drug-likeness (QED) is 0.600. The lowest BCUT2D eigenvalue weighted by molar-refractivity contribution is -0.0742. The van der Waals surface area contributed by atoms with E-state index in [1.165, 1.54) is 18.4 Å². The average Bonchev–Trinajstić information content (AvgIpc) is 3.20. The van der Waals surface area contributed by atoms with Crippen molar-refractivity contribution in [3.63, 3.8) is 0 Å². The number of nitriles is 1. The molecule has 2 aromatic heterocycles. The first kappa shape index (κ1) is 20.5. The number of rotatable bonds is 5. The molecule has 1 aromatic carbocycles. The summed E-state index contributed by atoms with van der Waals surface area (Å²) < 4.78 is 7.04. The molecule has 156 valence electrons. The van der Waals surface area contributed by atoms with Gasteiger partial charge in [0, 0.05) is 26.2 Å². The lowest BCUT2D eigenvalue weighted by Crippen LogP contribution is -2.45. The number of benzene rings is 1. The molecule has 0 spiro atoms. The van der Waals surface area contributed by atoms with Gasteiger partial charge in [0.05, 0.1) is 28.6 Å². The normalized spacial score (nSPS) is 17.8. The van der Waals surface area contributed by atoms with Crippen LogP contribution in [0.4, 0.5) is 5.95 Å². The van der Waals surface area contributed by atoms with E-state index in [-0.39, 0.29) is 18.1 Å². The van der Waals surface area contributed by atoms with Crippen LogP contribution in [-0.2, 0) is 11.3 Å². The molecule has 0 saturated carbocycles. The fraction of sp³-hybridized carbons (Fsp3) is 0.381. The van der Waals surface area contributed by atoms with Crippen LogP contribution in [0, 0.1) is 11.3 Å². The number of ether oxygens (including phenoxy) is 1. The van der Waals surface area contributed by atoms with Crippen LogP contribution >= 0.6 is 11.3 Å². The minimum absolute atomic E-state index is 0.0135. The largest absolute Gasteiger partial charge is 0.364 e. The number of nitrogens with two attached hydrogens (primary N) is 1. The Balaban J connectivity index is 1.88. The zero-order valence-corrected chi connectivity index (χ0v) is 17.4. The summed E-state index contributed by atoms with van der Waals surface area (Å²) in [6, 6.07) is 11.1. The Kier molecular flexibility index (Phi) is 5.83. The topological polar surface area (TPSA) is 117 Å². The standard InChI is InChI=1S/C21H23N5O3S/c1-29-20(28)17-9-16-18(30-17)19(27)26(11-14-6-3-2-5-13(14)10-22)21(24-16)25-8-4-7-15(23)12-25/h2-3,5-6,9,15,20,28H,4,7-8,11-12,23H2,1H3/t15-,20?/m1/s1. The summed E-state index contributed by atoms with van der Waals surface area (Å²) >= 11 is 1.17. The van der Waals surface area contributed by atoms with Gasteiger partial charge in [0.15, 0.2) is 6.29 Å². The van der Waals surface area contributed by atoms with Crippen LogP contribution in [0.25, 0.3) is 10.2 Å². The van der Waals surface area contributed by atoms with Crippen molar-refractivity contribution < 1.29 is 9.84 Å².